The van der Waals surface area contributed by atoms with Gasteiger partial charge in [0.25, 0.3) is 0 Å². The number of nitrogens with zero attached hydrogens (tertiary/aromatic N) is 2. The fraction of sp³-hybridized carbons (Fsp3) is 0.261. The number of aryl methyl sites for hydroxylation is 2. The van der Waals surface area contributed by atoms with Gasteiger partial charge in [0.15, 0.2) is 23.0 Å². The van der Waals surface area contributed by atoms with E-state index in [1.54, 1.807) is 13.8 Å². The third-order valence-electron chi connectivity index (χ3n) is 9.89. The van der Waals surface area contributed by atoms with Crippen molar-refractivity contribution in [2.24, 2.45) is 9.98 Å². The van der Waals surface area contributed by atoms with E-state index in [2.05, 4.69) is 9.98 Å². The molecule has 0 aliphatic rings. The van der Waals surface area contributed by atoms with Crippen LogP contribution in [-0.2, 0) is 0 Å². The smallest absolute Gasteiger partial charge is 0.167 e. The molecule has 0 spiro atoms. The number of hydrogen-bond donors (Lipinski definition) is 6. The lowest BCUT2D eigenvalue weighted by Crippen LogP contribution is -2.03. The van der Waals surface area contributed by atoms with Gasteiger partial charge in [-0.05, 0) is 71.8 Å². The largest absolute Gasteiger partial charge is 0.507 e. The van der Waals surface area contributed by atoms with Crippen LogP contribution in [0, 0.1) is 13.8 Å². The molecule has 56 heavy (non-hydrogen) atoms. The highest BCUT2D eigenvalue weighted by atomic mass is 16.5. The molecule has 6 N–H and O–H groups in total. The van der Waals surface area contributed by atoms with Crippen LogP contribution in [0.25, 0.3) is 32.7 Å². The fourth-order valence-corrected chi connectivity index (χ4v) is 7.40. The summed E-state index contributed by atoms with van der Waals surface area (Å²) in [6.07, 6.45) is 2.82. The van der Waals surface area contributed by atoms with Gasteiger partial charge < -0.3 is 40.1 Å². The summed E-state index contributed by atoms with van der Waals surface area (Å²) in [4.78, 5) is 8.97. The minimum Gasteiger partial charge on any atom is -0.507 e. The summed E-state index contributed by atoms with van der Waals surface area (Å²) >= 11 is 0. The number of benzene rings is 6. The molecule has 290 valence electrons. The number of aromatic hydroxyl groups is 6. The first-order chi connectivity index (χ1) is 26.8. The van der Waals surface area contributed by atoms with Gasteiger partial charge in [0.2, 0.25) is 0 Å². The van der Waals surface area contributed by atoms with Crippen molar-refractivity contribution in [1.29, 1.82) is 0 Å². The highest BCUT2D eigenvalue weighted by molar-refractivity contribution is 6.15. The van der Waals surface area contributed by atoms with Crippen LogP contribution >= 0.6 is 0 Å². The Balaban J connectivity index is 1.52. The van der Waals surface area contributed by atoms with E-state index < -0.39 is 11.5 Å². The Hall–Kier alpha value is -6.42. The number of rotatable bonds is 13. The first-order valence-electron chi connectivity index (χ1n) is 18.7. The zero-order valence-corrected chi connectivity index (χ0v) is 32.5. The van der Waals surface area contributed by atoms with Gasteiger partial charge in [-0.3, -0.25) is 9.98 Å². The second-order valence-corrected chi connectivity index (χ2v) is 14.4. The third-order valence-corrected chi connectivity index (χ3v) is 9.89. The van der Waals surface area contributed by atoms with E-state index in [1.807, 2.05) is 100 Å². The Morgan fingerprint density at radius 1 is 0.518 bits per heavy atom. The molecule has 0 saturated heterocycles. The molecule has 0 aliphatic carbocycles. The zero-order chi connectivity index (χ0) is 40.3. The summed E-state index contributed by atoms with van der Waals surface area (Å²) in [6.45, 7) is 12.1. The van der Waals surface area contributed by atoms with Crippen molar-refractivity contribution < 1.29 is 40.1 Å². The minimum absolute atomic E-state index is 0.105. The van der Waals surface area contributed by atoms with Crippen molar-refractivity contribution >= 4 is 34.0 Å². The van der Waals surface area contributed by atoms with Crippen LogP contribution in [0.2, 0.25) is 0 Å². The Labute approximate surface area is 326 Å². The SMILES string of the molecule is Cc1cc2c(C(C)C)c(O)c(O)c(C=NCCOc3ccccc3)c2c(O)c1-c1c(C)cc2c(C(C)C)c(O)c(O)c(C=NCCOc3ccccc3)c2c1O. The van der Waals surface area contributed by atoms with Crippen LogP contribution < -0.4 is 9.47 Å². The predicted molar refractivity (Wildman–Crippen MR) is 223 cm³/mol. The lowest BCUT2D eigenvalue weighted by molar-refractivity contribution is 0.329. The second-order valence-electron chi connectivity index (χ2n) is 14.4. The molecule has 6 aromatic rings. The van der Waals surface area contributed by atoms with Crippen LogP contribution in [0.4, 0.5) is 0 Å². The minimum atomic E-state index is -0.435. The standard InChI is InChI=1S/C46H48N2O8/c1-25(2)35-31-21-27(5)37(43(51)39(31)33(41(49)45(35)53)23-47-17-19-55-29-13-9-7-10-14-29)38-28(6)22-32-36(26(3)4)46(54)42(50)34(40(32)44(38)52)24-48-18-20-56-30-15-11-8-12-16-30/h7-16,21-26,49-54H,17-20H2,1-6H3. The molecule has 0 heterocycles. The summed E-state index contributed by atoms with van der Waals surface area (Å²) in [5, 5.41) is 71.6. The molecule has 0 unspecified atom stereocenters. The summed E-state index contributed by atoms with van der Waals surface area (Å²) < 4.78 is 11.5. The predicted octanol–water partition coefficient (Wildman–Crippen LogP) is 9.75. The van der Waals surface area contributed by atoms with Crippen LogP contribution in [0.15, 0.2) is 82.8 Å². The molecule has 0 aromatic heterocycles. The Bertz CT molecular complexity index is 2280. The number of para-hydroxylation sites is 2. The monoisotopic (exact) mass is 756 g/mol. The number of aliphatic imine (C=N–C) groups is 2. The summed E-state index contributed by atoms with van der Waals surface area (Å²) in [7, 11) is 0. The van der Waals surface area contributed by atoms with E-state index in [0.717, 1.165) is 0 Å². The Kier molecular flexibility index (Phi) is 11.6. The van der Waals surface area contributed by atoms with Gasteiger partial charge in [0.1, 0.15) is 36.2 Å². The van der Waals surface area contributed by atoms with Crippen LogP contribution in [0.5, 0.6) is 46.0 Å². The topological polar surface area (TPSA) is 165 Å². The van der Waals surface area contributed by atoms with E-state index in [4.69, 9.17) is 9.47 Å². The first-order valence-corrected chi connectivity index (χ1v) is 18.7. The van der Waals surface area contributed by atoms with E-state index in [1.165, 1.54) is 12.4 Å². The molecule has 6 rings (SSSR count). The number of hydrogen-bond acceptors (Lipinski definition) is 10. The van der Waals surface area contributed by atoms with E-state index in [0.29, 0.717) is 44.5 Å². The molecule has 0 fully saturated rings. The quantitative estimate of drug-likeness (QED) is 0.0385. The average Bonchev–Trinajstić information content (AvgIpc) is 3.16. The van der Waals surface area contributed by atoms with Crippen LogP contribution in [0.3, 0.4) is 0 Å². The first kappa shape index (κ1) is 39.3. The molecular weight excluding hydrogens is 709 g/mol. The number of ether oxygens (including phenoxy) is 2. The molecule has 10 nitrogen and oxygen atoms in total. The summed E-state index contributed by atoms with van der Waals surface area (Å²) in [6, 6.07) is 22.2. The van der Waals surface area contributed by atoms with Crippen molar-refractivity contribution in [2.75, 3.05) is 26.3 Å². The van der Waals surface area contributed by atoms with E-state index in [-0.39, 0.29) is 94.2 Å². The molecule has 0 bridgehead atoms. The van der Waals surface area contributed by atoms with Gasteiger partial charge in [0.05, 0.1) is 13.1 Å². The maximum absolute atomic E-state index is 12.3. The number of fused-ring (bicyclic) bond motifs is 2. The Morgan fingerprint density at radius 3 is 1.21 bits per heavy atom. The van der Waals surface area contributed by atoms with Crippen molar-refractivity contribution in [2.45, 2.75) is 53.4 Å². The van der Waals surface area contributed by atoms with Gasteiger partial charge in [0, 0.05) is 56.6 Å². The highest BCUT2D eigenvalue weighted by Gasteiger charge is 2.29. The molecule has 0 saturated carbocycles. The van der Waals surface area contributed by atoms with E-state index in [9.17, 15) is 30.6 Å². The molecule has 0 aliphatic heterocycles. The number of phenols is 6. The number of phenolic OH excluding ortho intramolecular Hbond substituents is 6. The van der Waals surface area contributed by atoms with Gasteiger partial charge in [-0.15, -0.1) is 0 Å². The molecule has 6 aromatic carbocycles. The van der Waals surface area contributed by atoms with Gasteiger partial charge in [-0.2, -0.15) is 0 Å². The molecule has 0 atom stereocenters. The molecule has 0 radical (unpaired) electrons. The highest BCUT2D eigenvalue weighted by Crippen LogP contribution is 2.54. The molecular formula is C46H48N2O8. The van der Waals surface area contributed by atoms with Gasteiger partial charge in [-0.1, -0.05) is 76.2 Å². The van der Waals surface area contributed by atoms with Crippen LogP contribution in [0.1, 0.15) is 72.9 Å². The summed E-state index contributed by atoms with van der Waals surface area (Å²) in [5.74, 6) is -1.05. The third kappa shape index (κ3) is 7.47. The fourth-order valence-electron chi connectivity index (χ4n) is 7.40. The van der Waals surface area contributed by atoms with Crippen molar-refractivity contribution in [1.82, 2.24) is 0 Å². The summed E-state index contributed by atoms with van der Waals surface area (Å²) in [5.41, 5.74) is 2.84. The molecule has 10 heteroatoms. The zero-order valence-electron chi connectivity index (χ0n) is 32.5. The lowest BCUT2D eigenvalue weighted by atomic mass is 9.83. The van der Waals surface area contributed by atoms with Crippen molar-refractivity contribution in [3.8, 4) is 57.1 Å². The Morgan fingerprint density at radius 2 is 0.875 bits per heavy atom. The van der Waals surface area contributed by atoms with Crippen molar-refractivity contribution in [3.63, 3.8) is 0 Å². The van der Waals surface area contributed by atoms with Crippen LogP contribution in [-0.4, -0.2) is 69.4 Å². The maximum Gasteiger partial charge on any atom is 0.167 e. The maximum atomic E-state index is 12.3. The van der Waals surface area contributed by atoms with Gasteiger partial charge in [-0.25, -0.2) is 0 Å². The van der Waals surface area contributed by atoms with E-state index >= 15 is 0 Å². The van der Waals surface area contributed by atoms with Gasteiger partial charge >= 0.3 is 0 Å². The lowest BCUT2D eigenvalue weighted by Gasteiger charge is -2.23. The normalized spacial score (nSPS) is 11.9. The average molecular weight is 757 g/mol. The molecule has 0 amide bonds. The van der Waals surface area contributed by atoms with Crippen molar-refractivity contribution in [3.05, 3.63) is 106 Å². The second kappa shape index (κ2) is 16.5.